The van der Waals surface area contributed by atoms with Gasteiger partial charge < -0.3 is 14.4 Å². The molecule has 0 aromatic heterocycles. The number of hydrogen-bond donors (Lipinski definition) is 0. The molecule has 1 saturated heterocycles. The van der Waals surface area contributed by atoms with Crippen LogP contribution >= 0.6 is 0 Å². The molecule has 1 heterocycles. The molecule has 4 nitrogen and oxygen atoms in total. The minimum Gasteiger partial charge on any atom is -0.490 e. The van der Waals surface area contributed by atoms with Crippen molar-refractivity contribution in [2.75, 3.05) is 13.1 Å². The van der Waals surface area contributed by atoms with Crippen LogP contribution in [0.2, 0.25) is 0 Å². The molecular weight excluding hydrogens is 314 g/mol. The van der Waals surface area contributed by atoms with E-state index >= 15 is 0 Å². The van der Waals surface area contributed by atoms with Gasteiger partial charge in [-0.15, -0.1) is 0 Å². The lowest BCUT2D eigenvalue weighted by atomic mass is 10.1. The summed E-state index contributed by atoms with van der Waals surface area (Å²) in [6.45, 7) is 5.84. The zero-order valence-electron chi connectivity index (χ0n) is 14.9. The van der Waals surface area contributed by atoms with Crippen molar-refractivity contribution in [2.45, 2.75) is 39.4 Å². The zero-order chi connectivity index (χ0) is 17.6. The Morgan fingerprint density at radius 3 is 2.44 bits per heavy atom. The monoisotopic (exact) mass is 339 g/mol. The maximum atomic E-state index is 12.2. The van der Waals surface area contributed by atoms with Crippen LogP contribution < -0.4 is 4.74 Å². The van der Waals surface area contributed by atoms with E-state index in [1.165, 1.54) is 11.1 Å². The lowest BCUT2D eigenvalue weighted by Gasteiger charge is -2.31. The van der Waals surface area contributed by atoms with E-state index in [0.717, 1.165) is 24.2 Å². The van der Waals surface area contributed by atoms with Crippen LogP contribution in [-0.2, 0) is 11.3 Å². The lowest BCUT2D eigenvalue weighted by Crippen LogP contribution is -2.42. The van der Waals surface area contributed by atoms with E-state index in [9.17, 15) is 4.79 Å². The van der Waals surface area contributed by atoms with E-state index in [1.54, 1.807) is 4.90 Å². The molecule has 0 bridgehead atoms. The van der Waals surface area contributed by atoms with Gasteiger partial charge in [-0.1, -0.05) is 36.4 Å². The maximum absolute atomic E-state index is 12.2. The van der Waals surface area contributed by atoms with Crippen molar-refractivity contribution in [2.24, 2.45) is 0 Å². The normalized spacial score (nSPS) is 15.0. The Balaban J connectivity index is 1.44. The van der Waals surface area contributed by atoms with E-state index in [-0.39, 0.29) is 12.2 Å². The summed E-state index contributed by atoms with van der Waals surface area (Å²) in [6.07, 6.45) is 1.56. The van der Waals surface area contributed by atoms with Crippen LogP contribution in [0.25, 0.3) is 0 Å². The molecule has 4 heteroatoms. The third-order valence-electron chi connectivity index (χ3n) is 4.69. The van der Waals surface area contributed by atoms with E-state index in [0.29, 0.717) is 19.7 Å². The van der Waals surface area contributed by atoms with Crippen LogP contribution in [0.3, 0.4) is 0 Å². The van der Waals surface area contributed by atoms with Gasteiger partial charge in [-0.25, -0.2) is 4.79 Å². The van der Waals surface area contributed by atoms with Gasteiger partial charge in [0.1, 0.15) is 18.5 Å². The summed E-state index contributed by atoms with van der Waals surface area (Å²) in [6, 6.07) is 15.9. The number of benzene rings is 2. The summed E-state index contributed by atoms with van der Waals surface area (Å²) in [5.74, 6) is 0.910. The highest BCUT2D eigenvalue weighted by molar-refractivity contribution is 5.67. The first-order valence-corrected chi connectivity index (χ1v) is 8.81. The first kappa shape index (κ1) is 17.3. The Kier molecular flexibility index (Phi) is 5.59. The molecule has 0 saturated carbocycles. The second-order valence-electron chi connectivity index (χ2n) is 6.59. The van der Waals surface area contributed by atoms with Crippen LogP contribution in [0.5, 0.6) is 5.75 Å². The molecule has 132 valence electrons. The number of aryl methyl sites for hydroxylation is 2. The van der Waals surface area contributed by atoms with Crippen LogP contribution in [0, 0.1) is 13.8 Å². The van der Waals surface area contributed by atoms with E-state index in [1.807, 2.05) is 36.4 Å². The molecule has 2 aromatic carbocycles. The second kappa shape index (κ2) is 8.06. The van der Waals surface area contributed by atoms with E-state index < -0.39 is 0 Å². The number of likely N-dealkylation sites (tertiary alicyclic amines) is 1. The highest BCUT2D eigenvalue weighted by Gasteiger charge is 2.25. The average molecular weight is 339 g/mol. The van der Waals surface area contributed by atoms with Gasteiger partial charge in [-0.3, -0.25) is 0 Å². The second-order valence-corrected chi connectivity index (χ2v) is 6.59. The van der Waals surface area contributed by atoms with E-state index in [2.05, 4.69) is 26.0 Å². The summed E-state index contributed by atoms with van der Waals surface area (Å²) in [5.41, 5.74) is 3.51. The van der Waals surface area contributed by atoms with Gasteiger partial charge in [0.05, 0.1) is 0 Å². The molecule has 1 aliphatic heterocycles. The summed E-state index contributed by atoms with van der Waals surface area (Å²) in [4.78, 5) is 13.9. The number of carbonyl (C=O) groups excluding carboxylic acids is 1. The van der Waals surface area contributed by atoms with Crippen LogP contribution in [0.1, 0.15) is 29.5 Å². The van der Waals surface area contributed by atoms with Crippen molar-refractivity contribution in [1.29, 1.82) is 0 Å². The first-order valence-electron chi connectivity index (χ1n) is 8.81. The van der Waals surface area contributed by atoms with Gasteiger partial charge in [0.15, 0.2) is 0 Å². The van der Waals surface area contributed by atoms with Crippen LogP contribution in [0.15, 0.2) is 48.5 Å². The molecule has 1 fully saturated rings. The SMILES string of the molecule is Cc1ccc(OC2CCN(C(=O)OCc3ccccc3)CC2)cc1C. The van der Waals surface area contributed by atoms with E-state index in [4.69, 9.17) is 9.47 Å². The van der Waals surface area contributed by atoms with Crippen molar-refractivity contribution in [1.82, 2.24) is 4.90 Å². The molecule has 0 unspecified atom stereocenters. The zero-order valence-corrected chi connectivity index (χ0v) is 14.9. The summed E-state index contributed by atoms with van der Waals surface area (Å²) in [5, 5.41) is 0. The van der Waals surface area contributed by atoms with Crippen molar-refractivity contribution >= 4 is 6.09 Å². The molecule has 0 atom stereocenters. The third kappa shape index (κ3) is 4.75. The van der Waals surface area contributed by atoms with Gasteiger partial charge >= 0.3 is 6.09 Å². The Morgan fingerprint density at radius 1 is 1.04 bits per heavy atom. The number of rotatable bonds is 4. The quantitative estimate of drug-likeness (QED) is 0.824. The van der Waals surface area contributed by atoms with Crippen molar-refractivity contribution in [3.63, 3.8) is 0 Å². The van der Waals surface area contributed by atoms with Crippen molar-refractivity contribution in [3.8, 4) is 5.75 Å². The molecule has 0 spiro atoms. The molecule has 1 amide bonds. The van der Waals surface area contributed by atoms with Gasteiger partial charge in [0.25, 0.3) is 0 Å². The maximum Gasteiger partial charge on any atom is 0.410 e. The van der Waals surface area contributed by atoms with Crippen LogP contribution in [0.4, 0.5) is 4.79 Å². The fraction of sp³-hybridized carbons (Fsp3) is 0.381. The predicted octanol–water partition coefficient (Wildman–Crippen LogP) is 4.48. The molecule has 2 aromatic rings. The summed E-state index contributed by atoms with van der Waals surface area (Å²) < 4.78 is 11.5. The topological polar surface area (TPSA) is 38.8 Å². The van der Waals surface area contributed by atoms with Gasteiger partial charge in [-0.2, -0.15) is 0 Å². The highest BCUT2D eigenvalue weighted by Crippen LogP contribution is 2.22. The fourth-order valence-electron chi connectivity index (χ4n) is 2.95. The Labute approximate surface area is 149 Å². The highest BCUT2D eigenvalue weighted by atomic mass is 16.6. The van der Waals surface area contributed by atoms with Crippen molar-refractivity contribution < 1.29 is 14.3 Å². The first-order chi connectivity index (χ1) is 12.1. The smallest absolute Gasteiger partial charge is 0.410 e. The van der Waals surface area contributed by atoms with Gasteiger partial charge in [0.2, 0.25) is 0 Å². The molecule has 0 N–H and O–H groups in total. The molecule has 0 radical (unpaired) electrons. The Morgan fingerprint density at radius 2 is 1.76 bits per heavy atom. The number of nitrogens with zero attached hydrogens (tertiary/aromatic N) is 1. The fourth-order valence-corrected chi connectivity index (χ4v) is 2.95. The minimum atomic E-state index is -0.242. The third-order valence-corrected chi connectivity index (χ3v) is 4.69. The Bertz CT molecular complexity index is 706. The number of ether oxygens (including phenoxy) is 2. The number of carbonyl (C=O) groups is 1. The van der Waals surface area contributed by atoms with Crippen molar-refractivity contribution in [3.05, 3.63) is 65.2 Å². The van der Waals surface area contributed by atoms with Gasteiger partial charge in [-0.05, 0) is 42.7 Å². The summed E-state index contributed by atoms with van der Waals surface area (Å²) in [7, 11) is 0. The molecular formula is C21H25NO3. The standard InChI is InChI=1S/C21H25NO3/c1-16-8-9-20(14-17(16)2)25-19-10-12-22(13-11-19)21(23)24-15-18-6-4-3-5-7-18/h3-9,14,19H,10-13,15H2,1-2H3. The minimum absolute atomic E-state index is 0.153. The Hall–Kier alpha value is -2.49. The largest absolute Gasteiger partial charge is 0.490 e. The molecule has 3 rings (SSSR count). The molecule has 25 heavy (non-hydrogen) atoms. The number of amides is 1. The predicted molar refractivity (Wildman–Crippen MR) is 97.8 cm³/mol. The van der Waals surface area contributed by atoms with Crippen LogP contribution in [-0.4, -0.2) is 30.2 Å². The average Bonchev–Trinajstić information content (AvgIpc) is 2.64. The van der Waals surface area contributed by atoms with Gasteiger partial charge in [0, 0.05) is 25.9 Å². The molecule has 0 aliphatic carbocycles. The number of piperidine rings is 1. The lowest BCUT2D eigenvalue weighted by molar-refractivity contribution is 0.0638. The summed E-state index contributed by atoms with van der Waals surface area (Å²) >= 11 is 0. The molecule has 1 aliphatic rings. The number of hydrogen-bond acceptors (Lipinski definition) is 3.